The van der Waals surface area contributed by atoms with Gasteiger partial charge in [-0.1, -0.05) is 6.07 Å². The molecule has 5 rings (SSSR count). The maximum atomic E-state index is 13.5. The van der Waals surface area contributed by atoms with Gasteiger partial charge in [-0.25, -0.2) is 0 Å². The Morgan fingerprint density at radius 2 is 1.97 bits per heavy atom. The van der Waals surface area contributed by atoms with E-state index in [1.165, 1.54) is 4.90 Å². The van der Waals surface area contributed by atoms with E-state index in [2.05, 4.69) is 32.4 Å². The molecule has 4 heterocycles. The van der Waals surface area contributed by atoms with Gasteiger partial charge in [0.05, 0.1) is 47.9 Å². The Bertz CT molecular complexity index is 1070. The Morgan fingerprint density at radius 1 is 1.16 bits per heavy atom. The van der Waals surface area contributed by atoms with Crippen molar-refractivity contribution in [3.8, 4) is 0 Å². The Labute approximate surface area is 178 Å². The number of likely N-dealkylation sites (tertiary alicyclic amines) is 1. The van der Waals surface area contributed by atoms with Gasteiger partial charge in [0, 0.05) is 24.5 Å². The number of anilines is 1. The zero-order chi connectivity index (χ0) is 21.8. The van der Waals surface area contributed by atoms with Crippen molar-refractivity contribution >= 4 is 16.6 Å². The topological polar surface area (TPSA) is 60.1 Å². The lowest BCUT2D eigenvalue weighted by molar-refractivity contribution is -0.155. The summed E-state index contributed by atoms with van der Waals surface area (Å²) in [5.41, 5.74) is 4.32. The number of likely N-dealkylation sites (N-methyl/N-ethyl adjacent to an activating group) is 1. The summed E-state index contributed by atoms with van der Waals surface area (Å²) in [6.07, 6.45) is -0.267. The molecule has 0 bridgehead atoms. The van der Waals surface area contributed by atoms with E-state index in [9.17, 15) is 13.2 Å². The monoisotopic (exact) mass is 430 g/mol. The molecule has 0 aliphatic carbocycles. The third-order valence-electron chi connectivity index (χ3n) is 6.33. The third-order valence-corrected chi connectivity index (χ3v) is 6.33. The fraction of sp³-hybridized carbons (Fsp3) is 0.455. The van der Waals surface area contributed by atoms with E-state index in [4.69, 9.17) is 0 Å². The van der Waals surface area contributed by atoms with Crippen LogP contribution in [0.2, 0.25) is 0 Å². The van der Waals surface area contributed by atoms with Crippen molar-refractivity contribution in [3.05, 3.63) is 53.5 Å². The van der Waals surface area contributed by atoms with Gasteiger partial charge in [-0.2, -0.15) is 18.3 Å². The van der Waals surface area contributed by atoms with E-state index in [0.717, 1.165) is 40.8 Å². The number of rotatable bonds is 4. The number of H-pyrrole nitrogens is 1. The number of alkyl halides is 3. The molecule has 0 unspecified atom stereocenters. The van der Waals surface area contributed by atoms with Crippen LogP contribution in [-0.4, -0.2) is 69.9 Å². The number of hydrogen-bond acceptors (Lipinski definition) is 5. The Balaban J connectivity index is 1.52. The van der Waals surface area contributed by atoms with E-state index in [-0.39, 0.29) is 6.04 Å². The SMILES string of the molecule is C[C@@H]1Cc2c(ccc3[nH]ncc23)[C@@H](c2ccc(NC3CN(C)C3)cn2)N1CC(F)(F)F. The summed E-state index contributed by atoms with van der Waals surface area (Å²) in [4.78, 5) is 8.34. The highest BCUT2D eigenvalue weighted by Crippen LogP contribution is 2.41. The van der Waals surface area contributed by atoms with Gasteiger partial charge in [-0.15, -0.1) is 0 Å². The van der Waals surface area contributed by atoms with Crippen LogP contribution in [0, 0.1) is 0 Å². The second kappa shape index (κ2) is 7.49. The van der Waals surface area contributed by atoms with Crippen molar-refractivity contribution in [3.63, 3.8) is 0 Å². The summed E-state index contributed by atoms with van der Waals surface area (Å²) in [6, 6.07) is 7.09. The molecule has 6 nitrogen and oxygen atoms in total. The molecular weight excluding hydrogens is 405 g/mol. The van der Waals surface area contributed by atoms with E-state index >= 15 is 0 Å². The first kappa shape index (κ1) is 20.3. The Hall–Kier alpha value is -2.65. The average molecular weight is 430 g/mol. The molecule has 0 saturated carbocycles. The number of halogens is 3. The van der Waals surface area contributed by atoms with Crippen LogP contribution in [-0.2, 0) is 6.42 Å². The van der Waals surface area contributed by atoms with Gasteiger partial charge in [0.15, 0.2) is 0 Å². The van der Waals surface area contributed by atoms with Crippen LogP contribution < -0.4 is 5.32 Å². The minimum Gasteiger partial charge on any atom is -0.378 e. The predicted molar refractivity (Wildman–Crippen MR) is 113 cm³/mol. The normalized spacial score (nSPS) is 23.0. The highest BCUT2D eigenvalue weighted by atomic mass is 19.4. The minimum atomic E-state index is -4.29. The zero-order valence-corrected chi connectivity index (χ0v) is 17.4. The van der Waals surface area contributed by atoms with Gasteiger partial charge in [0.1, 0.15) is 0 Å². The molecule has 31 heavy (non-hydrogen) atoms. The molecule has 2 aliphatic rings. The summed E-state index contributed by atoms with van der Waals surface area (Å²) >= 11 is 0. The van der Waals surface area contributed by atoms with Gasteiger partial charge in [0.2, 0.25) is 0 Å². The number of aromatic amines is 1. The van der Waals surface area contributed by atoms with Crippen LogP contribution in [0.4, 0.5) is 18.9 Å². The average Bonchev–Trinajstić information content (AvgIpc) is 3.17. The van der Waals surface area contributed by atoms with Gasteiger partial charge in [-0.05, 0) is 49.7 Å². The molecule has 0 spiro atoms. The Morgan fingerprint density at radius 3 is 2.65 bits per heavy atom. The molecule has 164 valence electrons. The first-order chi connectivity index (χ1) is 14.8. The standard InChI is InChI=1S/C22H25F3N6/c1-13-7-17-16(4-6-19-18(17)9-27-29-19)21(31(13)12-22(23,24)25)20-5-3-14(8-26-20)28-15-10-30(2)11-15/h3-6,8-9,13,15,21,28H,7,10-12H2,1-2H3,(H,27,29)/t13-,21+/m1/s1. The Kier molecular flexibility index (Phi) is 4.90. The molecule has 2 aliphatic heterocycles. The number of aromatic nitrogens is 3. The summed E-state index contributed by atoms with van der Waals surface area (Å²) in [5.74, 6) is 0. The van der Waals surface area contributed by atoms with Crippen molar-refractivity contribution in [2.75, 3.05) is 32.0 Å². The molecule has 1 saturated heterocycles. The lowest BCUT2D eigenvalue weighted by Crippen LogP contribution is -2.52. The van der Waals surface area contributed by atoms with E-state index in [0.29, 0.717) is 18.2 Å². The highest BCUT2D eigenvalue weighted by Gasteiger charge is 2.41. The molecule has 0 radical (unpaired) electrons. The maximum Gasteiger partial charge on any atom is 0.401 e. The maximum absolute atomic E-state index is 13.5. The smallest absolute Gasteiger partial charge is 0.378 e. The summed E-state index contributed by atoms with van der Waals surface area (Å²) in [7, 11) is 2.06. The van der Waals surface area contributed by atoms with Crippen molar-refractivity contribution < 1.29 is 13.2 Å². The quantitative estimate of drug-likeness (QED) is 0.663. The molecule has 2 atom stereocenters. The molecule has 9 heteroatoms. The number of nitrogens with zero attached hydrogens (tertiary/aromatic N) is 4. The van der Waals surface area contributed by atoms with E-state index in [1.807, 2.05) is 31.2 Å². The molecule has 1 aromatic carbocycles. The molecule has 1 fully saturated rings. The number of fused-ring (bicyclic) bond motifs is 3. The first-order valence-corrected chi connectivity index (χ1v) is 10.5. The zero-order valence-electron chi connectivity index (χ0n) is 17.4. The first-order valence-electron chi connectivity index (χ1n) is 10.5. The van der Waals surface area contributed by atoms with Crippen LogP contribution in [0.3, 0.4) is 0 Å². The van der Waals surface area contributed by atoms with Crippen LogP contribution in [0.15, 0.2) is 36.7 Å². The van der Waals surface area contributed by atoms with E-state index in [1.54, 1.807) is 12.4 Å². The molecule has 3 aromatic rings. The van der Waals surface area contributed by atoms with Gasteiger partial charge in [-0.3, -0.25) is 15.0 Å². The summed E-state index contributed by atoms with van der Waals surface area (Å²) in [5, 5.41) is 11.5. The molecule has 2 N–H and O–H groups in total. The minimum absolute atomic E-state index is 0.287. The third kappa shape index (κ3) is 3.87. The highest BCUT2D eigenvalue weighted by molar-refractivity contribution is 5.83. The largest absolute Gasteiger partial charge is 0.401 e. The van der Waals surface area contributed by atoms with Crippen molar-refractivity contribution in [1.82, 2.24) is 25.0 Å². The second-order valence-electron chi connectivity index (χ2n) is 8.74. The second-order valence-corrected chi connectivity index (χ2v) is 8.74. The van der Waals surface area contributed by atoms with Crippen LogP contribution >= 0.6 is 0 Å². The molecule has 2 aromatic heterocycles. The number of hydrogen-bond donors (Lipinski definition) is 2. The van der Waals surface area contributed by atoms with Gasteiger partial charge < -0.3 is 10.2 Å². The van der Waals surface area contributed by atoms with Crippen molar-refractivity contribution in [1.29, 1.82) is 0 Å². The van der Waals surface area contributed by atoms with E-state index < -0.39 is 18.8 Å². The van der Waals surface area contributed by atoms with Gasteiger partial charge in [0.25, 0.3) is 0 Å². The summed E-state index contributed by atoms with van der Waals surface area (Å²) in [6.45, 7) is 2.81. The molecule has 0 amide bonds. The van der Waals surface area contributed by atoms with Crippen molar-refractivity contribution in [2.45, 2.75) is 37.6 Å². The lowest BCUT2D eigenvalue weighted by atomic mass is 9.85. The van der Waals surface area contributed by atoms with Gasteiger partial charge >= 0.3 is 6.18 Å². The predicted octanol–water partition coefficient (Wildman–Crippen LogP) is 3.58. The number of nitrogens with one attached hydrogen (secondary N) is 2. The van der Waals surface area contributed by atoms with Crippen LogP contribution in [0.1, 0.15) is 29.8 Å². The lowest BCUT2D eigenvalue weighted by Gasteiger charge is -2.42. The van der Waals surface area contributed by atoms with Crippen LogP contribution in [0.25, 0.3) is 10.9 Å². The number of benzene rings is 1. The number of pyridine rings is 1. The van der Waals surface area contributed by atoms with Crippen LogP contribution in [0.5, 0.6) is 0 Å². The van der Waals surface area contributed by atoms with Crippen molar-refractivity contribution in [2.24, 2.45) is 0 Å². The fourth-order valence-corrected chi connectivity index (χ4v) is 4.88. The summed E-state index contributed by atoms with van der Waals surface area (Å²) < 4.78 is 40.4. The molecular formula is C22H25F3N6. The fourth-order valence-electron chi connectivity index (χ4n) is 4.88.